The molecule has 0 aliphatic rings. The van der Waals surface area contributed by atoms with Gasteiger partial charge >= 0.3 is 0 Å². The molecule has 0 saturated carbocycles. The van der Waals surface area contributed by atoms with Crippen LogP contribution in [0, 0.1) is 5.82 Å². The van der Waals surface area contributed by atoms with E-state index >= 15 is 0 Å². The molecule has 1 aromatic rings. The molecule has 2 nitrogen and oxygen atoms in total. The number of methoxy groups -OCH3 is 1. The van der Waals surface area contributed by atoms with Gasteiger partial charge in [-0.15, -0.1) is 0 Å². The van der Waals surface area contributed by atoms with Crippen molar-refractivity contribution >= 4 is 21.6 Å². The molecule has 102 valence electrons. The third-order valence-electron chi connectivity index (χ3n) is 3.14. The van der Waals surface area contributed by atoms with Crippen LogP contribution in [0.1, 0.15) is 25.8 Å². The Hall–Kier alpha value is -0.610. The second-order valence-electron chi connectivity index (χ2n) is 4.36. The van der Waals surface area contributed by atoms with Gasteiger partial charge in [0, 0.05) is 25.0 Å². The van der Waals surface area contributed by atoms with Crippen LogP contribution >= 0.6 is 15.9 Å². The molecule has 1 atom stereocenters. The summed E-state index contributed by atoms with van der Waals surface area (Å²) >= 11 is 3.34. The van der Waals surface area contributed by atoms with Crippen molar-refractivity contribution < 1.29 is 9.13 Å². The minimum atomic E-state index is -0.164. The van der Waals surface area contributed by atoms with Crippen molar-refractivity contribution in [1.29, 1.82) is 0 Å². The highest BCUT2D eigenvalue weighted by Crippen LogP contribution is 2.24. The maximum Gasteiger partial charge on any atom is 0.146 e. The zero-order valence-electron chi connectivity index (χ0n) is 11.2. The SMILES string of the molecule is CCC(C)N(CCOC)c1ccc(CBr)cc1F. The molecule has 0 aliphatic carbocycles. The molecule has 0 aromatic heterocycles. The molecule has 1 aromatic carbocycles. The second kappa shape index (κ2) is 7.74. The number of halogens is 2. The van der Waals surface area contributed by atoms with Crippen molar-refractivity contribution in [2.45, 2.75) is 31.6 Å². The van der Waals surface area contributed by atoms with Crippen molar-refractivity contribution in [3.8, 4) is 0 Å². The van der Waals surface area contributed by atoms with Crippen LogP contribution in [0.2, 0.25) is 0 Å². The summed E-state index contributed by atoms with van der Waals surface area (Å²) in [5, 5.41) is 0.672. The van der Waals surface area contributed by atoms with Crippen molar-refractivity contribution in [2.75, 3.05) is 25.2 Å². The van der Waals surface area contributed by atoms with E-state index in [1.807, 2.05) is 12.1 Å². The van der Waals surface area contributed by atoms with Gasteiger partial charge in [0.25, 0.3) is 0 Å². The summed E-state index contributed by atoms with van der Waals surface area (Å²) in [6.45, 7) is 5.52. The van der Waals surface area contributed by atoms with Gasteiger partial charge in [0.15, 0.2) is 0 Å². The molecule has 1 rings (SSSR count). The summed E-state index contributed by atoms with van der Waals surface area (Å²) in [6.07, 6.45) is 0.976. The lowest BCUT2D eigenvalue weighted by atomic mass is 10.1. The van der Waals surface area contributed by atoms with Crippen LogP contribution in [0.25, 0.3) is 0 Å². The molecular formula is C14H21BrFNO. The molecule has 0 aliphatic heterocycles. The molecule has 0 bridgehead atoms. The molecule has 0 saturated heterocycles. The van der Waals surface area contributed by atoms with E-state index in [-0.39, 0.29) is 5.82 Å². The Morgan fingerprint density at radius 2 is 2.17 bits per heavy atom. The van der Waals surface area contributed by atoms with Gasteiger partial charge in [0.2, 0.25) is 0 Å². The fourth-order valence-corrected chi connectivity index (χ4v) is 2.20. The monoisotopic (exact) mass is 317 g/mol. The highest BCUT2D eigenvalue weighted by molar-refractivity contribution is 9.08. The van der Waals surface area contributed by atoms with Gasteiger partial charge in [-0.2, -0.15) is 0 Å². The number of rotatable bonds is 7. The van der Waals surface area contributed by atoms with E-state index in [0.29, 0.717) is 30.2 Å². The molecule has 0 N–H and O–H groups in total. The van der Waals surface area contributed by atoms with Gasteiger partial charge < -0.3 is 9.64 Å². The Balaban J connectivity index is 2.96. The lowest BCUT2D eigenvalue weighted by Crippen LogP contribution is -2.36. The Labute approximate surface area is 117 Å². The van der Waals surface area contributed by atoms with E-state index in [4.69, 9.17) is 4.74 Å². The smallest absolute Gasteiger partial charge is 0.146 e. The number of nitrogens with zero attached hydrogens (tertiary/aromatic N) is 1. The first-order valence-corrected chi connectivity index (χ1v) is 7.36. The molecule has 1 unspecified atom stereocenters. The van der Waals surface area contributed by atoms with Crippen LogP contribution < -0.4 is 4.90 Å². The summed E-state index contributed by atoms with van der Waals surface area (Å²) in [6, 6.07) is 5.69. The van der Waals surface area contributed by atoms with E-state index in [2.05, 4.69) is 34.7 Å². The molecule has 0 spiro atoms. The van der Waals surface area contributed by atoms with Gasteiger partial charge in [-0.3, -0.25) is 0 Å². The summed E-state index contributed by atoms with van der Waals surface area (Å²) in [5.41, 5.74) is 1.61. The molecule has 0 radical (unpaired) electrons. The van der Waals surface area contributed by atoms with Crippen molar-refractivity contribution in [2.24, 2.45) is 0 Å². The molecule has 18 heavy (non-hydrogen) atoms. The zero-order valence-corrected chi connectivity index (χ0v) is 12.8. The highest BCUT2D eigenvalue weighted by Gasteiger charge is 2.16. The maximum absolute atomic E-state index is 14.1. The lowest BCUT2D eigenvalue weighted by Gasteiger charge is -2.31. The van der Waals surface area contributed by atoms with E-state index in [1.165, 1.54) is 0 Å². The van der Waals surface area contributed by atoms with Crippen LogP contribution in [0.15, 0.2) is 18.2 Å². The molecule has 0 amide bonds. The summed E-state index contributed by atoms with van der Waals surface area (Å²) < 4.78 is 19.2. The quantitative estimate of drug-likeness (QED) is 0.705. The third-order valence-corrected chi connectivity index (χ3v) is 3.78. The second-order valence-corrected chi connectivity index (χ2v) is 4.92. The Kier molecular flexibility index (Phi) is 6.65. The minimum Gasteiger partial charge on any atom is -0.383 e. The first kappa shape index (κ1) is 15.4. The standard InChI is InChI=1S/C14H21BrFNO/c1-4-11(2)17(7-8-18-3)14-6-5-12(10-15)9-13(14)16/h5-6,9,11H,4,7-8,10H2,1-3H3. The van der Waals surface area contributed by atoms with Crippen molar-refractivity contribution in [3.05, 3.63) is 29.6 Å². The zero-order chi connectivity index (χ0) is 13.5. The molecule has 4 heteroatoms. The van der Waals surface area contributed by atoms with Gasteiger partial charge in [0.05, 0.1) is 12.3 Å². The summed E-state index contributed by atoms with van der Waals surface area (Å²) in [7, 11) is 1.67. The van der Waals surface area contributed by atoms with Gasteiger partial charge in [0.1, 0.15) is 5.82 Å². The fourth-order valence-electron chi connectivity index (χ4n) is 1.85. The average Bonchev–Trinajstić information content (AvgIpc) is 2.39. The normalized spacial score (nSPS) is 12.5. The predicted octanol–water partition coefficient (Wildman–Crippen LogP) is 3.97. The van der Waals surface area contributed by atoms with Gasteiger partial charge in [-0.1, -0.05) is 28.9 Å². The topological polar surface area (TPSA) is 12.5 Å². The predicted molar refractivity (Wildman–Crippen MR) is 78.0 cm³/mol. The minimum absolute atomic E-state index is 0.164. The van der Waals surface area contributed by atoms with Gasteiger partial charge in [-0.05, 0) is 31.0 Å². The number of alkyl halides is 1. The Morgan fingerprint density at radius 3 is 2.67 bits per heavy atom. The van der Waals surface area contributed by atoms with Crippen LogP contribution in [0.5, 0.6) is 0 Å². The maximum atomic E-state index is 14.1. The summed E-state index contributed by atoms with van der Waals surface area (Å²) in [5.74, 6) is -0.164. The molecular weight excluding hydrogens is 297 g/mol. The largest absolute Gasteiger partial charge is 0.383 e. The third kappa shape index (κ3) is 3.95. The summed E-state index contributed by atoms with van der Waals surface area (Å²) in [4.78, 5) is 2.07. The number of benzene rings is 1. The van der Waals surface area contributed by atoms with E-state index in [1.54, 1.807) is 13.2 Å². The van der Waals surface area contributed by atoms with Gasteiger partial charge in [-0.25, -0.2) is 4.39 Å². The lowest BCUT2D eigenvalue weighted by molar-refractivity contribution is 0.203. The first-order valence-electron chi connectivity index (χ1n) is 6.24. The fraction of sp³-hybridized carbons (Fsp3) is 0.571. The van der Waals surface area contributed by atoms with Crippen LogP contribution in [0.3, 0.4) is 0 Å². The Bertz CT molecular complexity index is 373. The molecule has 0 fully saturated rings. The average molecular weight is 318 g/mol. The van der Waals surface area contributed by atoms with E-state index in [9.17, 15) is 4.39 Å². The highest BCUT2D eigenvalue weighted by atomic mass is 79.9. The number of hydrogen-bond donors (Lipinski definition) is 0. The number of ether oxygens (including phenoxy) is 1. The van der Waals surface area contributed by atoms with Crippen LogP contribution in [0.4, 0.5) is 10.1 Å². The molecule has 0 heterocycles. The number of hydrogen-bond acceptors (Lipinski definition) is 2. The van der Waals surface area contributed by atoms with Crippen molar-refractivity contribution in [1.82, 2.24) is 0 Å². The van der Waals surface area contributed by atoms with Crippen molar-refractivity contribution in [3.63, 3.8) is 0 Å². The van der Waals surface area contributed by atoms with E-state index in [0.717, 1.165) is 12.0 Å². The van der Waals surface area contributed by atoms with E-state index < -0.39 is 0 Å². The Morgan fingerprint density at radius 1 is 1.44 bits per heavy atom. The number of anilines is 1. The van der Waals surface area contributed by atoms with Crippen LogP contribution in [-0.4, -0.2) is 26.3 Å². The van der Waals surface area contributed by atoms with Crippen LogP contribution in [-0.2, 0) is 10.1 Å². The first-order chi connectivity index (χ1) is 8.63.